The summed E-state index contributed by atoms with van der Waals surface area (Å²) in [7, 11) is 7.84. The monoisotopic (exact) mass is 477 g/mol. The van der Waals surface area contributed by atoms with E-state index >= 15 is 0 Å². The van der Waals surface area contributed by atoms with Gasteiger partial charge in [0.15, 0.2) is 11.5 Å². The Morgan fingerprint density at radius 3 is 2.26 bits per heavy atom. The summed E-state index contributed by atoms with van der Waals surface area (Å²) in [5, 5.41) is 0.478. The molecule has 0 N–H and O–H groups in total. The van der Waals surface area contributed by atoms with Gasteiger partial charge in [-0.05, 0) is 17.7 Å². The average Bonchev–Trinajstić information content (AvgIpc) is 3.25. The van der Waals surface area contributed by atoms with E-state index in [4.69, 9.17) is 18.9 Å². The van der Waals surface area contributed by atoms with E-state index in [1.165, 1.54) is 11.6 Å². The molecule has 1 unspecified atom stereocenters. The molecule has 2 aromatic heterocycles. The predicted molar refractivity (Wildman–Crippen MR) is 132 cm³/mol. The first-order valence-corrected chi connectivity index (χ1v) is 11.2. The second-order valence-electron chi connectivity index (χ2n) is 8.36. The SMILES string of the molecule is COc1ccc(C2OCCn3c(-c4ccccc4)c4c(=O)n(C)c(=O)n(C)c4c32)c(OC)c1OC. The van der Waals surface area contributed by atoms with Gasteiger partial charge in [0.1, 0.15) is 6.10 Å². The van der Waals surface area contributed by atoms with Crippen LogP contribution < -0.4 is 25.5 Å². The van der Waals surface area contributed by atoms with E-state index in [0.717, 1.165) is 15.8 Å². The van der Waals surface area contributed by atoms with Gasteiger partial charge in [-0.3, -0.25) is 13.9 Å². The van der Waals surface area contributed by atoms with E-state index < -0.39 is 11.8 Å². The van der Waals surface area contributed by atoms with Crippen molar-refractivity contribution in [1.82, 2.24) is 13.7 Å². The summed E-state index contributed by atoms with van der Waals surface area (Å²) >= 11 is 0. The van der Waals surface area contributed by atoms with Gasteiger partial charge in [-0.2, -0.15) is 0 Å². The molecule has 0 saturated heterocycles. The van der Waals surface area contributed by atoms with Gasteiger partial charge in [-0.1, -0.05) is 30.3 Å². The number of methoxy groups -OCH3 is 3. The third-order valence-electron chi connectivity index (χ3n) is 6.62. The van der Waals surface area contributed by atoms with Crippen molar-refractivity contribution in [2.75, 3.05) is 27.9 Å². The first kappa shape index (κ1) is 22.8. The molecule has 0 radical (unpaired) electrons. The number of rotatable bonds is 5. The number of aromatic nitrogens is 3. The van der Waals surface area contributed by atoms with E-state index in [-0.39, 0.29) is 5.56 Å². The van der Waals surface area contributed by atoms with Gasteiger partial charge in [0.2, 0.25) is 5.75 Å². The molecule has 1 aliphatic rings. The number of ether oxygens (including phenoxy) is 4. The molecule has 1 atom stereocenters. The number of nitrogens with zero attached hydrogens (tertiary/aromatic N) is 3. The highest BCUT2D eigenvalue weighted by Crippen LogP contribution is 2.47. The summed E-state index contributed by atoms with van der Waals surface area (Å²) in [6.07, 6.45) is -0.615. The van der Waals surface area contributed by atoms with Crippen LogP contribution >= 0.6 is 0 Å². The maximum atomic E-state index is 13.5. The van der Waals surface area contributed by atoms with Crippen molar-refractivity contribution in [1.29, 1.82) is 0 Å². The molecule has 0 aliphatic carbocycles. The molecule has 9 nitrogen and oxygen atoms in total. The summed E-state index contributed by atoms with van der Waals surface area (Å²) in [5.74, 6) is 1.43. The maximum Gasteiger partial charge on any atom is 0.331 e. The Morgan fingerprint density at radius 2 is 1.60 bits per heavy atom. The van der Waals surface area contributed by atoms with Crippen molar-refractivity contribution < 1.29 is 18.9 Å². The Balaban J connectivity index is 1.92. The molecule has 3 heterocycles. The largest absolute Gasteiger partial charge is 0.493 e. The fourth-order valence-corrected chi connectivity index (χ4v) is 5.04. The molecule has 5 rings (SSSR count). The zero-order valence-corrected chi connectivity index (χ0v) is 20.3. The normalized spacial score (nSPS) is 15.2. The summed E-state index contributed by atoms with van der Waals surface area (Å²) in [6.45, 7) is 0.932. The maximum absolute atomic E-state index is 13.5. The smallest absolute Gasteiger partial charge is 0.331 e. The van der Waals surface area contributed by atoms with Crippen LogP contribution in [0, 0.1) is 0 Å². The van der Waals surface area contributed by atoms with Gasteiger partial charge in [-0.15, -0.1) is 0 Å². The summed E-state index contributed by atoms with van der Waals surface area (Å²) in [6, 6.07) is 13.4. The average molecular weight is 478 g/mol. The molecule has 0 fully saturated rings. The van der Waals surface area contributed by atoms with E-state index in [2.05, 4.69) is 4.57 Å². The Kier molecular flexibility index (Phi) is 5.64. The lowest BCUT2D eigenvalue weighted by molar-refractivity contribution is 0.0461. The van der Waals surface area contributed by atoms with E-state index in [9.17, 15) is 9.59 Å². The van der Waals surface area contributed by atoms with Crippen molar-refractivity contribution in [2.24, 2.45) is 14.1 Å². The summed E-state index contributed by atoms with van der Waals surface area (Å²) in [5.41, 5.74) is 2.87. The quantitative estimate of drug-likeness (QED) is 0.440. The highest BCUT2D eigenvalue weighted by atomic mass is 16.5. The summed E-state index contributed by atoms with van der Waals surface area (Å²) in [4.78, 5) is 26.5. The van der Waals surface area contributed by atoms with Gasteiger partial charge in [0, 0.05) is 26.2 Å². The number of fused-ring (bicyclic) bond motifs is 3. The van der Waals surface area contributed by atoms with Crippen molar-refractivity contribution in [3.05, 3.63) is 74.6 Å². The second-order valence-corrected chi connectivity index (χ2v) is 8.36. The van der Waals surface area contributed by atoms with Crippen LogP contribution in [0.5, 0.6) is 17.2 Å². The van der Waals surface area contributed by atoms with Gasteiger partial charge in [-0.25, -0.2) is 4.79 Å². The van der Waals surface area contributed by atoms with Crippen molar-refractivity contribution in [2.45, 2.75) is 12.6 Å². The molecule has 9 heteroatoms. The van der Waals surface area contributed by atoms with E-state index in [1.54, 1.807) is 34.4 Å². The van der Waals surface area contributed by atoms with Crippen molar-refractivity contribution in [3.8, 4) is 28.5 Å². The Labute approximate surface area is 201 Å². The number of hydrogen-bond donors (Lipinski definition) is 0. The van der Waals surface area contributed by atoms with Crippen molar-refractivity contribution >= 4 is 10.9 Å². The molecule has 35 heavy (non-hydrogen) atoms. The van der Waals surface area contributed by atoms with Gasteiger partial charge in [0.05, 0.1) is 50.2 Å². The second kappa shape index (κ2) is 8.66. The Morgan fingerprint density at radius 1 is 0.886 bits per heavy atom. The lowest BCUT2D eigenvalue weighted by Gasteiger charge is -2.29. The number of hydrogen-bond acceptors (Lipinski definition) is 6. The topological polar surface area (TPSA) is 85.9 Å². The van der Waals surface area contributed by atoms with Crippen LogP contribution in [0.2, 0.25) is 0 Å². The minimum atomic E-state index is -0.615. The fraction of sp³-hybridized carbons (Fsp3) is 0.308. The van der Waals surface area contributed by atoms with Crippen LogP contribution in [0.1, 0.15) is 17.4 Å². The third kappa shape index (κ3) is 3.26. The van der Waals surface area contributed by atoms with Crippen LogP contribution in [0.4, 0.5) is 0 Å². The first-order chi connectivity index (χ1) is 16.9. The predicted octanol–water partition coefficient (Wildman–Crippen LogP) is 2.85. The standard InChI is InChI=1S/C26H27N3O6/c1-27-20-18(25(30)28(2)26(27)31)19(15-9-7-6-8-10-15)29-13-14-35-22(21(20)29)16-11-12-17(32-3)24(34-5)23(16)33-4/h6-12,22H,13-14H2,1-5H3. The van der Waals surface area contributed by atoms with Crippen LogP contribution in [-0.2, 0) is 25.4 Å². The lowest BCUT2D eigenvalue weighted by Crippen LogP contribution is -2.37. The lowest BCUT2D eigenvalue weighted by atomic mass is 10.0. The minimum absolute atomic E-state index is 0.345. The summed E-state index contributed by atoms with van der Waals surface area (Å²) < 4.78 is 27.9. The molecule has 0 bridgehead atoms. The van der Waals surface area contributed by atoms with Crippen LogP contribution in [0.3, 0.4) is 0 Å². The molecule has 0 spiro atoms. The highest BCUT2D eigenvalue weighted by Gasteiger charge is 2.35. The molecule has 1 aliphatic heterocycles. The van der Waals surface area contributed by atoms with Crippen LogP contribution in [-0.4, -0.2) is 41.6 Å². The molecular formula is C26H27N3O6. The minimum Gasteiger partial charge on any atom is -0.493 e. The van der Waals surface area contributed by atoms with E-state index in [0.29, 0.717) is 52.6 Å². The highest BCUT2D eigenvalue weighted by molar-refractivity contribution is 5.96. The van der Waals surface area contributed by atoms with Gasteiger partial charge >= 0.3 is 5.69 Å². The molecular weight excluding hydrogens is 450 g/mol. The third-order valence-corrected chi connectivity index (χ3v) is 6.62. The van der Waals surface area contributed by atoms with Crippen LogP contribution in [0.25, 0.3) is 22.2 Å². The molecule has 0 amide bonds. The molecule has 4 aromatic rings. The molecule has 0 saturated carbocycles. The van der Waals surface area contributed by atoms with Gasteiger partial charge < -0.3 is 23.5 Å². The molecule has 2 aromatic carbocycles. The molecule has 182 valence electrons. The fourth-order valence-electron chi connectivity index (χ4n) is 5.04. The first-order valence-electron chi connectivity index (χ1n) is 11.2. The number of benzene rings is 2. The number of aryl methyl sites for hydroxylation is 1. The van der Waals surface area contributed by atoms with E-state index in [1.807, 2.05) is 36.4 Å². The van der Waals surface area contributed by atoms with Gasteiger partial charge in [0.25, 0.3) is 5.56 Å². The Bertz CT molecular complexity index is 1550. The zero-order valence-electron chi connectivity index (χ0n) is 20.3. The zero-order chi connectivity index (χ0) is 24.9. The van der Waals surface area contributed by atoms with Crippen LogP contribution in [0.15, 0.2) is 52.1 Å². The van der Waals surface area contributed by atoms with Crippen molar-refractivity contribution in [3.63, 3.8) is 0 Å². The Hall–Kier alpha value is -3.98.